The third-order valence-electron chi connectivity index (χ3n) is 3.42. The molecular formula is C14H18N4O3. The van der Waals surface area contributed by atoms with Gasteiger partial charge in [-0.2, -0.15) is 0 Å². The Morgan fingerprint density at radius 2 is 2.10 bits per heavy atom. The Labute approximate surface area is 122 Å². The summed E-state index contributed by atoms with van der Waals surface area (Å²) in [6.45, 7) is 5.88. The van der Waals surface area contributed by atoms with Crippen LogP contribution in [0.4, 0.5) is 5.69 Å². The Kier molecular flexibility index (Phi) is 3.85. The van der Waals surface area contributed by atoms with Gasteiger partial charge < -0.3 is 10.1 Å². The van der Waals surface area contributed by atoms with E-state index in [0.29, 0.717) is 23.3 Å². The molecule has 112 valence electrons. The molecule has 7 nitrogen and oxygen atoms in total. The van der Waals surface area contributed by atoms with Gasteiger partial charge in [0.1, 0.15) is 5.52 Å². The molecule has 1 aliphatic rings. The highest BCUT2D eigenvalue weighted by molar-refractivity contribution is 5.99. The van der Waals surface area contributed by atoms with E-state index < -0.39 is 0 Å². The minimum absolute atomic E-state index is 0.0770. The first-order valence-electron chi connectivity index (χ1n) is 7.01. The maximum Gasteiger partial charge on any atom is 0.238 e. The van der Waals surface area contributed by atoms with Crippen LogP contribution in [0.3, 0.4) is 0 Å². The molecule has 0 spiro atoms. The maximum atomic E-state index is 12.2. The summed E-state index contributed by atoms with van der Waals surface area (Å²) in [6, 6.07) is 5.38. The second-order valence-corrected chi connectivity index (χ2v) is 5.44. The predicted octanol–water partition coefficient (Wildman–Crippen LogP) is 1.27. The van der Waals surface area contributed by atoms with Gasteiger partial charge >= 0.3 is 0 Å². The summed E-state index contributed by atoms with van der Waals surface area (Å²) in [5, 5.41) is 10.4. The van der Waals surface area contributed by atoms with Crippen molar-refractivity contribution < 1.29 is 14.2 Å². The van der Waals surface area contributed by atoms with Crippen LogP contribution in [0.1, 0.15) is 13.8 Å². The standard InChI is InChI=1S/C14H18N4O3/c1-9-6-18(7-10(2)20-9)8-13(19)15-11-4-3-5-12-14(11)17-21-16-12/h3-5,9-10H,6-8H2,1-2H3,(H,15,19)/t9-,10-/m0/s1. The third kappa shape index (κ3) is 3.20. The minimum Gasteiger partial charge on any atom is -0.373 e. The zero-order chi connectivity index (χ0) is 14.8. The Hall–Kier alpha value is -1.99. The van der Waals surface area contributed by atoms with Gasteiger partial charge in [0.25, 0.3) is 0 Å². The Bertz CT molecular complexity index is 632. The summed E-state index contributed by atoms with van der Waals surface area (Å²) in [5.41, 5.74) is 1.81. The summed E-state index contributed by atoms with van der Waals surface area (Å²) >= 11 is 0. The molecule has 1 saturated heterocycles. The lowest BCUT2D eigenvalue weighted by Gasteiger charge is -2.34. The van der Waals surface area contributed by atoms with E-state index in [1.54, 1.807) is 18.2 Å². The number of hydrogen-bond acceptors (Lipinski definition) is 6. The van der Waals surface area contributed by atoms with E-state index in [-0.39, 0.29) is 18.1 Å². The van der Waals surface area contributed by atoms with Crippen LogP contribution in [0.15, 0.2) is 22.8 Å². The van der Waals surface area contributed by atoms with Crippen LogP contribution in [-0.4, -0.2) is 53.0 Å². The molecule has 1 aliphatic heterocycles. The topological polar surface area (TPSA) is 80.5 Å². The highest BCUT2D eigenvalue weighted by Crippen LogP contribution is 2.19. The molecule has 1 amide bonds. The summed E-state index contributed by atoms with van der Waals surface area (Å²) in [6.07, 6.45) is 0.287. The van der Waals surface area contributed by atoms with Crippen molar-refractivity contribution in [1.29, 1.82) is 0 Å². The smallest absolute Gasteiger partial charge is 0.238 e. The van der Waals surface area contributed by atoms with Gasteiger partial charge in [-0.05, 0) is 36.3 Å². The van der Waals surface area contributed by atoms with Crippen LogP contribution in [0.2, 0.25) is 0 Å². The number of carbonyl (C=O) groups excluding carboxylic acids is 1. The number of morpholine rings is 1. The average Bonchev–Trinajstić information content (AvgIpc) is 2.86. The molecule has 1 aromatic carbocycles. The molecule has 1 fully saturated rings. The SMILES string of the molecule is C[C@H]1CN(CC(=O)Nc2cccc3nonc23)C[C@H](C)O1. The summed E-state index contributed by atoms with van der Waals surface area (Å²) in [7, 11) is 0. The van der Waals surface area contributed by atoms with Crippen molar-refractivity contribution in [2.24, 2.45) is 0 Å². The number of rotatable bonds is 3. The molecule has 2 heterocycles. The fourth-order valence-electron chi connectivity index (χ4n) is 2.71. The number of hydrogen-bond donors (Lipinski definition) is 1. The molecule has 2 aromatic rings. The van der Waals surface area contributed by atoms with Gasteiger partial charge in [0.05, 0.1) is 24.4 Å². The minimum atomic E-state index is -0.0770. The molecule has 3 rings (SSSR count). The Morgan fingerprint density at radius 1 is 1.33 bits per heavy atom. The van der Waals surface area contributed by atoms with Gasteiger partial charge in [0.2, 0.25) is 5.91 Å². The lowest BCUT2D eigenvalue weighted by molar-refractivity contribution is -0.121. The largest absolute Gasteiger partial charge is 0.373 e. The van der Waals surface area contributed by atoms with E-state index in [4.69, 9.17) is 4.74 Å². The molecule has 1 aromatic heterocycles. The fraction of sp³-hybridized carbons (Fsp3) is 0.500. The number of nitrogens with one attached hydrogen (secondary N) is 1. The van der Waals surface area contributed by atoms with Gasteiger partial charge in [0.15, 0.2) is 5.52 Å². The van der Waals surface area contributed by atoms with Crippen LogP contribution in [0, 0.1) is 0 Å². The van der Waals surface area contributed by atoms with Crippen LogP contribution in [0.25, 0.3) is 11.0 Å². The number of benzene rings is 1. The molecule has 1 N–H and O–H groups in total. The molecular weight excluding hydrogens is 272 g/mol. The Morgan fingerprint density at radius 3 is 2.86 bits per heavy atom. The van der Waals surface area contributed by atoms with Crippen LogP contribution in [-0.2, 0) is 9.53 Å². The van der Waals surface area contributed by atoms with E-state index >= 15 is 0 Å². The average molecular weight is 290 g/mol. The molecule has 2 atom stereocenters. The van der Waals surface area contributed by atoms with Crippen molar-refractivity contribution in [3.63, 3.8) is 0 Å². The number of anilines is 1. The predicted molar refractivity (Wildman–Crippen MR) is 76.9 cm³/mol. The first-order chi connectivity index (χ1) is 10.1. The molecule has 0 bridgehead atoms. The van der Waals surface area contributed by atoms with Crippen molar-refractivity contribution in [3.8, 4) is 0 Å². The zero-order valence-corrected chi connectivity index (χ0v) is 12.1. The molecule has 0 radical (unpaired) electrons. The van der Waals surface area contributed by atoms with Crippen LogP contribution in [0.5, 0.6) is 0 Å². The molecule has 7 heteroatoms. The zero-order valence-electron chi connectivity index (χ0n) is 12.1. The number of amides is 1. The quantitative estimate of drug-likeness (QED) is 0.917. The number of nitrogens with zero attached hydrogens (tertiary/aromatic N) is 3. The molecule has 0 unspecified atom stereocenters. The summed E-state index contributed by atoms with van der Waals surface area (Å²) in [5.74, 6) is -0.0770. The lowest BCUT2D eigenvalue weighted by atomic mass is 10.2. The number of ether oxygens (including phenoxy) is 1. The highest BCUT2D eigenvalue weighted by atomic mass is 16.6. The van der Waals surface area contributed by atoms with Crippen molar-refractivity contribution in [1.82, 2.24) is 15.2 Å². The first kappa shape index (κ1) is 14.0. The van der Waals surface area contributed by atoms with E-state index in [9.17, 15) is 4.79 Å². The molecule has 21 heavy (non-hydrogen) atoms. The van der Waals surface area contributed by atoms with Gasteiger partial charge in [-0.1, -0.05) is 6.07 Å². The summed E-state index contributed by atoms with van der Waals surface area (Å²) < 4.78 is 10.3. The number of aromatic nitrogens is 2. The van der Waals surface area contributed by atoms with Crippen molar-refractivity contribution in [2.45, 2.75) is 26.1 Å². The van der Waals surface area contributed by atoms with Crippen LogP contribution < -0.4 is 5.32 Å². The first-order valence-corrected chi connectivity index (χ1v) is 7.01. The van der Waals surface area contributed by atoms with Gasteiger partial charge in [-0.25, -0.2) is 4.63 Å². The van der Waals surface area contributed by atoms with Gasteiger partial charge in [-0.3, -0.25) is 9.69 Å². The normalized spacial score (nSPS) is 23.3. The monoisotopic (exact) mass is 290 g/mol. The van der Waals surface area contributed by atoms with E-state index in [2.05, 4.69) is 25.2 Å². The van der Waals surface area contributed by atoms with Crippen molar-refractivity contribution in [2.75, 3.05) is 25.0 Å². The van der Waals surface area contributed by atoms with Gasteiger partial charge in [-0.15, -0.1) is 0 Å². The van der Waals surface area contributed by atoms with Gasteiger partial charge in [0, 0.05) is 13.1 Å². The number of carbonyl (C=O) groups is 1. The molecule has 0 saturated carbocycles. The van der Waals surface area contributed by atoms with E-state index in [0.717, 1.165) is 13.1 Å². The van der Waals surface area contributed by atoms with Crippen LogP contribution >= 0.6 is 0 Å². The Balaban J connectivity index is 1.65. The van der Waals surface area contributed by atoms with E-state index in [1.165, 1.54) is 0 Å². The second-order valence-electron chi connectivity index (χ2n) is 5.44. The maximum absolute atomic E-state index is 12.2. The summed E-state index contributed by atoms with van der Waals surface area (Å²) in [4.78, 5) is 14.3. The third-order valence-corrected chi connectivity index (χ3v) is 3.42. The van der Waals surface area contributed by atoms with Crippen molar-refractivity contribution >= 4 is 22.6 Å². The van der Waals surface area contributed by atoms with Crippen molar-refractivity contribution in [3.05, 3.63) is 18.2 Å². The second kappa shape index (κ2) is 5.79. The number of fused-ring (bicyclic) bond motifs is 1. The highest BCUT2D eigenvalue weighted by Gasteiger charge is 2.23. The lowest BCUT2D eigenvalue weighted by Crippen LogP contribution is -2.48. The molecule has 0 aliphatic carbocycles. The fourth-order valence-corrected chi connectivity index (χ4v) is 2.71. The van der Waals surface area contributed by atoms with E-state index in [1.807, 2.05) is 13.8 Å².